The van der Waals surface area contributed by atoms with Crippen LogP contribution in [0.3, 0.4) is 0 Å². The number of nitriles is 1. The molecule has 132 valence electrons. The summed E-state index contributed by atoms with van der Waals surface area (Å²) in [6.45, 7) is 2.42. The van der Waals surface area contributed by atoms with Gasteiger partial charge in [-0.25, -0.2) is 0 Å². The van der Waals surface area contributed by atoms with E-state index in [9.17, 15) is 14.9 Å². The van der Waals surface area contributed by atoms with Crippen LogP contribution in [0.5, 0.6) is 0 Å². The number of amides is 1. The molecule has 0 aliphatic heterocycles. The molecule has 0 saturated heterocycles. The molecule has 0 aliphatic carbocycles. The first kappa shape index (κ1) is 19.0. The van der Waals surface area contributed by atoms with Gasteiger partial charge < -0.3 is 10.6 Å². The molecule has 0 unspecified atom stereocenters. The van der Waals surface area contributed by atoms with E-state index in [2.05, 4.69) is 10.6 Å². The lowest BCUT2D eigenvalue weighted by molar-refractivity contribution is -0.384. The van der Waals surface area contributed by atoms with Crippen molar-refractivity contribution in [2.75, 3.05) is 5.32 Å². The lowest BCUT2D eigenvalue weighted by atomic mass is 10.1. The zero-order chi connectivity index (χ0) is 19.1. The zero-order valence-electron chi connectivity index (χ0n) is 13.8. The van der Waals surface area contributed by atoms with Gasteiger partial charge in [0.1, 0.15) is 11.6 Å². The standard InChI is InChI=1S/C18H15ClN4O3/c1-12-2-4-13(5-3-12)10-21-11-14(9-20)18(24)22-17-8-15(23(25)26)6-7-16(17)19/h2-8,11,21H,10H2,1H3,(H,22,24)/b14-11-. The Balaban J connectivity index is 2.06. The highest BCUT2D eigenvalue weighted by atomic mass is 35.5. The van der Waals surface area contributed by atoms with Gasteiger partial charge in [-0.1, -0.05) is 41.4 Å². The van der Waals surface area contributed by atoms with Crippen LogP contribution < -0.4 is 10.6 Å². The summed E-state index contributed by atoms with van der Waals surface area (Å²) >= 11 is 5.93. The number of nitro groups is 1. The number of carbonyl (C=O) groups excluding carboxylic acids is 1. The smallest absolute Gasteiger partial charge is 0.271 e. The van der Waals surface area contributed by atoms with Gasteiger partial charge in [0.25, 0.3) is 11.6 Å². The van der Waals surface area contributed by atoms with Crippen molar-refractivity contribution in [2.24, 2.45) is 0 Å². The van der Waals surface area contributed by atoms with Crippen molar-refractivity contribution in [1.29, 1.82) is 5.26 Å². The van der Waals surface area contributed by atoms with Crippen molar-refractivity contribution >= 4 is 28.9 Å². The van der Waals surface area contributed by atoms with E-state index in [1.54, 1.807) is 6.07 Å². The molecule has 0 atom stereocenters. The number of benzene rings is 2. The minimum atomic E-state index is -0.716. The zero-order valence-corrected chi connectivity index (χ0v) is 14.6. The summed E-state index contributed by atoms with van der Waals surface area (Å²) in [5.41, 5.74) is 1.79. The van der Waals surface area contributed by atoms with E-state index < -0.39 is 10.8 Å². The molecule has 0 aromatic heterocycles. The molecule has 0 radical (unpaired) electrons. The van der Waals surface area contributed by atoms with Crippen molar-refractivity contribution in [3.63, 3.8) is 0 Å². The van der Waals surface area contributed by atoms with E-state index in [-0.39, 0.29) is 22.0 Å². The third-order valence-corrected chi connectivity index (χ3v) is 3.78. The maximum atomic E-state index is 12.2. The van der Waals surface area contributed by atoms with Crippen molar-refractivity contribution < 1.29 is 9.72 Å². The Morgan fingerprint density at radius 3 is 2.62 bits per heavy atom. The van der Waals surface area contributed by atoms with E-state index in [1.807, 2.05) is 31.2 Å². The lowest BCUT2D eigenvalue weighted by Gasteiger charge is -2.07. The fourth-order valence-corrected chi connectivity index (χ4v) is 2.20. The molecule has 0 fully saturated rings. The predicted molar refractivity (Wildman–Crippen MR) is 98.5 cm³/mol. The van der Waals surface area contributed by atoms with E-state index >= 15 is 0 Å². The molecular formula is C18H15ClN4O3. The normalized spacial score (nSPS) is 10.7. The number of nitrogens with zero attached hydrogens (tertiary/aromatic N) is 2. The van der Waals surface area contributed by atoms with Gasteiger partial charge in [0.05, 0.1) is 15.6 Å². The third-order valence-electron chi connectivity index (χ3n) is 3.45. The fraction of sp³-hybridized carbons (Fsp3) is 0.111. The van der Waals surface area contributed by atoms with Crippen LogP contribution in [0.25, 0.3) is 0 Å². The number of anilines is 1. The Morgan fingerprint density at radius 2 is 2.00 bits per heavy atom. The number of non-ortho nitro benzene ring substituents is 1. The summed E-state index contributed by atoms with van der Waals surface area (Å²) in [6, 6.07) is 13.2. The summed E-state index contributed by atoms with van der Waals surface area (Å²) < 4.78 is 0. The predicted octanol–water partition coefficient (Wildman–Crippen LogP) is 3.69. The Morgan fingerprint density at radius 1 is 1.31 bits per heavy atom. The Bertz CT molecular complexity index is 902. The molecule has 7 nitrogen and oxygen atoms in total. The molecule has 26 heavy (non-hydrogen) atoms. The monoisotopic (exact) mass is 370 g/mol. The fourth-order valence-electron chi connectivity index (χ4n) is 2.04. The van der Waals surface area contributed by atoms with E-state index in [0.29, 0.717) is 6.54 Å². The van der Waals surface area contributed by atoms with E-state index in [1.165, 1.54) is 18.3 Å². The first-order valence-electron chi connectivity index (χ1n) is 7.55. The molecule has 8 heteroatoms. The first-order chi connectivity index (χ1) is 12.4. The first-order valence-corrected chi connectivity index (χ1v) is 7.93. The summed E-state index contributed by atoms with van der Waals surface area (Å²) in [5.74, 6) is -0.716. The largest absolute Gasteiger partial charge is 0.386 e. The maximum absolute atomic E-state index is 12.2. The summed E-state index contributed by atoms with van der Waals surface area (Å²) in [7, 11) is 0. The molecule has 0 saturated carbocycles. The molecule has 2 aromatic carbocycles. The van der Waals surface area contributed by atoms with Gasteiger partial charge in [0.2, 0.25) is 0 Å². The average molecular weight is 371 g/mol. The molecule has 2 rings (SSSR count). The highest BCUT2D eigenvalue weighted by Gasteiger charge is 2.14. The van der Waals surface area contributed by atoms with Crippen LogP contribution in [-0.2, 0) is 11.3 Å². The SMILES string of the molecule is Cc1ccc(CN/C=C(/C#N)C(=O)Nc2cc([N+](=O)[O-])ccc2Cl)cc1. The van der Waals surface area contributed by atoms with Gasteiger partial charge >= 0.3 is 0 Å². The topological polar surface area (TPSA) is 108 Å². The summed E-state index contributed by atoms with van der Waals surface area (Å²) in [4.78, 5) is 22.4. The minimum absolute atomic E-state index is 0.0607. The summed E-state index contributed by atoms with van der Waals surface area (Å²) in [5, 5.41) is 25.4. The third kappa shape index (κ3) is 5.06. The van der Waals surface area contributed by atoms with Gasteiger partial charge in [0, 0.05) is 24.9 Å². The average Bonchev–Trinajstić information content (AvgIpc) is 2.61. The number of hydrogen-bond acceptors (Lipinski definition) is 5. The molecule has 0 spiro atoms. The number of rotatable bonds is 6. The van der Waals surface area contributed by atoms with Crippen LogP contribution in [0.15, 0.2) is 54.2 Å². The maximum Gasteiger partial charge on any atom is 0.271 e. The lowest BCUT2D eigenvalue weighted by Crippen LogP contribution is -2.17. The molecule has 0 heterocycles. The number of nitro benzene ring substituents is 1. The number of carbonyl (C=O) groups is 1. The Hall–Kier alpha value is -3.37. The van der Waals surface area contributed by atoms with Crippen molar-refractivity contribution in [1.82, 2.24) is 5.32 Å². The second-order valence-corrected chi connectivity index (χ2v) is 5.82. The van der Waals surface area contributed by atoms with Gasteiger partial charge in [-0.05, 0) is 18.6 Å². The summed E-state index contributed by atoms with van der Waals surface area (Å²) in [6.07, 6.45) is 1.29. The van der Waals surface area contributed by atoms with Crippen molar-refractivity contribution in [3.05, 3.63) is 80.5 Å². The molecule has 2 aromatic rings. The van der Waals surface area contributed by atoms with Gasteiger partial charge in [-0.15, -0.1) is 0 Å². The molecule has 0 bridgehead atoms. The van der Waals surface area contributed by atoms with E-state index in [0.717, 1.165) is 17.2 Å². The number of halogens is 1. The van der Waals surface area contributed by atoms with Crippen LogP contribution in [0.1, 0.15) is 11.1 Å². The van der Waals surface area contributed by atoms with Gasteiger partial charge in [-0.2, -0.15) is 5.26 Å². The van der Waals surface area contributed by atoms with Crippen LogP contribution in [0.2, 0.25) is 5.02 Å². The van der Waals surface area contributed by atoms with Gasteiger partial charge in [0.15, 0.2) is 0 Å². The van der Waals surface area contributed by atoms with E-state index in [4.69, 9.17) is 16.9 Å². The quantitative estimate of drug-likeness (QED) is 0.349. The van der Waals surface area contributed by atoms with Crippen LogP contribution in [0.4, 0.5) is 11.4 Å². The molecule has 0 aliphatic rings. The van der Waals surface area contributed by atoms with Crippen LogP contribution in [0, 0.1) is 28.4 Å². The van der Waals surface area contributed by atoms with Crippen LogP contribution >= 0.6 is 11.6 Å². The highest BCUT2D eigenvalue weighted by Crippen LogP contribution is 2.26. The number of hydrogen-bond donors (Lipinski definition) is 2. The van der Waals surface area contributed by atoms with Crippen LogP contribution in [-0.4, -0.2) is 10.8 Å². The second-order valence-electron chi connectivity index (χ2n) is 5.41. The number of nitrogens with one attached hydrogen (secondary N) is 2. The molecule has 1 amide bonds. The Labute approximate surface area is 155 Å². The molecule has 2 N–H and O–H groups in total. The van der Waals surface area contributed by atoms with Gasteiger partial charge in [-0.3, -0.25) is 14.9 Å². The van der Waals surface area contributed by atoms with Crippen molar-refractivity contribution in [3.8, 4) is 6.07 Å². The number of aryl methyl sites for hydroxylation is 1. The highest BCUT2D eigenvalue weighted by molar-refractivity contribution is 6.34. The second kappa shape index (κ2) is 8.65. The molecular weight excluding hydrogens is 356 g/mol. The Kier molecular flexibility index (Phi) is 6.31. The van der Waals surface area contributed by atoms with Crippen molar-refractivity contribution in [2.45, 2.75) is 13.5 Å². The minimum Gasteiger partial charge on any atom is -0.386 e.